The van der Waals surface area contributed by atoms with Gasteiger partial charge in [0.25, 0.3) is 0 Å². The minimum atomic E-state index is -0.457. The largest absolute Gasteiger partial charge is 0.463 e. The summed E-state index contributed by atoms with van der Waals surface area (Å²) >= 11 is 7.77. The Hall–Kier alpha value is -2.29. The van der Waals surface area contributed by atoms with Crippen LogP contribution in [0.2, 0.25) is 5.02 Å². The van der Waals surface area contributed by atoms with E-state index in [-0.39, 0.29) is 18.9 Å². The first-order chi connectivity index (χ1) is 15.4. The highest BCUT2D eigenvalue weighted by Crippen LogP contribution is 2.45. The summed E-state index contributed by atoms with van der Waals surface area (Å²) in [4.78, 5) is 36.8. The van der Waals surface area contributed by atoms with Crippen molar-refractivity contribution in [3.05, 3.63) is 57.2 Å². The lowest BCUT2D eigenvalue weighted by atomic mass is 9.94. The summed E-state index contributed by atoms with van der Waals surface area (Å²) in [6.45, 7) is 7.07. The number of likely N-dealkylation sites (N-methyl/N-ethyl adjacent to an activating group) is 1. The number of ether oxygens (including phenoxy) is 1. The molecule has 0 saturated carbocycles. The van der Waals surface area contributed by atoms with Gasteiger partial charge in [0.05, 0.1) is 30.3 Å². The van der Waals surface area contributed by atoms with Crippen molar-refractivity contribution in [2.24, 2.45) is 4.99 Å². The summed E-state index contributed by atoms with van der Waals surface area (Å²) in [7, 11) is 2.07. The van der Waals surface area contributed by atoms with Gasteiger partial charge >= 0.3 is 5.97 Å². The van der Waals surface area contributed by atoms with E-state index in [1.165, 1.54) is 11.8 Å². The molecule has 0 aromatic heterocycles. The molecule has 4 rings (SSSR count). The number of carbonyl (C=O) groups is 2. The number of hydrogen-bond acceptors (Lipinski definition) is 7. The molecule has 3 aliphatic rings. The highest BCUT2D eigenvalue weighted by molar-refractivity contribution is 8.16. The van der Waals surface area contributed by atoms with Crippen LogP contribution in [0.3, 0.4) is 0 Å². The smallest absolute Gasteiger partial charge is 0.338 e. The molecule has 3 aliphatic heterocycles. The van der Waals surface area contributed by atoms with E-state index in [2.05, 4.69) is 16.9 Å². The van der Waals surface area contributed by atoms with Gasteiger partial charge in [0, 0.05) is 36.9 Å². The number of rotatable bonds is 5. The van der Waals surface area contributed by atoms with Gasteiger partial charge in [-0.25, -0.2) is 9.79 Å². The number of hydrogen-bond donors (Lipinski definition) is 0. The summed E-state index contributed by atoms with van der Waals surface area (Å²) in [6.07, 6.45) is 0.252. The standard InChI is InChI=1S/C23H27ClN4O3S/c1-4-31-22(30)20-15(2)25-23-28(21(20)16-6-5-7-17(24)12-16)18(14-32-23)13-19(29)27-10-8-26(3)9-11-27/h5-7,12,14,21H,4,8-11,13H2,1-3H3. The van der Waals surface area contributed by atoms with E-state index >= 15 is 0 Å². The number of esters is 1. The highest BCUT2D eigenvalue weighted by atomic mass is 35.5. The van der Waals surface area contributed by atoms with Gasteiger partial charge in [-0.1, -0.05) is 35.5 Å². The number of amidine groups is 1. The van der Waals surface area contributed by atoms with E-state index in [1.54, 1.807) is 13.0 Å². The Morgan fingerprint density at radius 2 is 2.00 bits per heavy atom. The van der Waals surface area contributed by atoms with Crippen molar-refractivity contribution in [3.8, 4) is 0 Å². The zero-order chi connectivity index (χ0) is 22.8. The third kappa shape index (κ3) is 4.58. The maximum absolute atomic E-state index is 13.1. The van der Waals surface area contributed by atoms with E-state index in [9.17, 15) is 9.59 Å². The number of benzene rings is 1. The maximum Gasteiger partial charge on any atom is 0.338 e. The predicted molar refractivity (Wildman–Crippen MR) is 127 cm³/mol. The normalized spacial score (nSPS) is 21.3. The quantitative estimate of drug-likeness (QED) is 0.607. The molecule has 3 heterocycles. The number of thioether (sulfide) groups is 1. The molecule has 1 aromatic carbocycles. The van der Waals surface area contributed by atoms with Gasteiger partial charge < -0.3 is 19.4 Å². The number of nitrogens with zero attached hydrogens (tertiary/aromatic N) is 4. The number of fused-ring (bicyclic) bond motifs is 1. The van der Waals surface area contributed by atoms with Gasteiger partial charge in [0.1, 0.15) is 0 Å². The lowest BCUT2D eigenvalue weighted by molar-refractivity contribution is -0.139. The van der Waals surface area contributed by atoms with Crippen molar-refractivity contribution in [1.29, 1.82) is 0 Å². The second-order valence-electron chi connectivity index (χ2n) is 8.03. The van der Waals surface area contributed by atoms with Gasteiger partial charge in [0.2, 0.25) is 5.91 Å². The second kappa shape index (κ2) is 9.68. The van der Waals surface area contributed by atoms with Crippen LogP contribution in [0.15, 0.2) is 51.6 Å². The van der Waals surface area contributed by atoms with Crippen molar-refractivity contribution < 1.29 is 14.3 Å². The lowest BCUT2D eigenvalue weighted by Gasteiger charge is -2.37. The first-order valence-electron chi connectivity index (χ1n) is 10.7. The molecule has 0 aliphatic carbocycles. The molecule has 9 heteroatoms. The minimum absolute atomic E-state index is 0.0833. The van der Waals surface area contributed by atoms with Crippen molar-refractivity contribution in [2.45, 2.75) is 26.3 Å². The number of allylic oxidation sites excluding steroid dienone is 1. The molecular weight excluding hydrogens is 448 g/mol. The van der Waals surface area contributed by atoms with Crippen LogP contribution in [0.1, 0.15) is 31.9 Å². The summed E-state index contributed by atoms with van der Waals surface area (Å²) in [5, 5.41) is 3.30. The van der Waals surface area contributed by atoms with Gasteiger partial charge in [-0.05, 0) is 44.0 Å². The Kier molecular flexibility index (Phi) is 6.93. The van der Waals surface area contributed by atoms with Gasteiger partial charge in [-0.2, -0.15) is 0 Å². The van der Waals surface area contributed by atoms with Crippen LogP contribution in [-0.4, -0.2) is 71.6 Å². The highest BCUT2D eigenvalue weighted by Gasteiger charge is 2.41. The molecule has 1 atom stereocenters. The molecule has 7 nitrogen and oxygen atoms in total. The van der Waals surface area contributed by atoms with Gasteiger partial charge in [-0.3, -0.25) is 4.79 Å². The van der Waals surface area contributed by atoms with E-state index < -0.39 is 12.0 Å². The number of halogens is 1. The molecule has 1 fully saturated rings. The molecule has 170 valence electrons. The van der Waals surface area contributed by atoms with Crippen LogP contribution in [0.4, 0.5) is 0 Å². The molecule has 1 aromatic rings. The molecule has 1 saturated heterocycles. The van der Waals surface area contributed by atoms with Crippen molar-refractivity contribution >= 4 is 40.4 Å². The number of carbonyl (C=O) groups excluding carboxylic acids is 2. The summed E-state index contributed by atoms with van der Waals surface area (Å²) in [5.74, 6) is -0.320. The van der Waals surface area contributed by atoms with Crippen LogP contribution in [0.5, 0.6) is 0 Å². The predicted octanol–water partition coefficient (Wildman–Crippen LogP) is 3.64. The molecule has 0 radical (unpaired) electrons. The Morgan fingerprint density at radius 1 is 1.25 bits per heavy atom. The van der Waals surface area contributed by atoms with Crippen LogP contribution in [0, 0.1) is 0 Å². The van der Waals surface area contributed by atoms with E-state index in [0.29, 0.717) is 16.3 Å². The SMILES string of the molecule is CCOC(=O)C1=C(C)N=C2SC=C(CC(=O)N3CCN(C)CC3)N2C1c1cccc(Cl)c1. The van der Waals surface area contributed by atoms with E-state index in [0.717, 1.165) is 42.6 Å². The summed E-state index contributed by atoms with van der Waals surface area (Å²) in [5.41, 5.74) is 2.77. The monoisotopic (exact) mass is 474 g/mol. The molecule has 0 spiro atoms. The van der Waals surface area contributed by atoms with Crippen LogP contribution >= 0.6 is 23.4 Å². The molecule has 0 N–H and O–H groups in total. The fourth-order valence-corrected chi connectivity index (χ4v) is 5.32. The Balaban J connectivity index is 1.66. The summed E-state index contributed by atoms with van der Waals surface area (Å²) < 4.78 is 5.37. The van der Waals surface area contributed by atoms with Gasteiger partial charge in [-0.15, -0.1) is 0 Å². The second-order valence-corrected chi connectivity index (χ2v) is 9.30. The molecular formula is C23H27ClN4O3S. The minimum Gasteiger partial charge on any atom is -0.463 e. The first-order valence-corrected chi connectivity index (χ1v) is 12.0. The average molecular weight is 475 g/mol. The number of aliphatic imine (C=N–C) groups is 1. The maximum atomic E-state index is 13.1. The van der Waals surface area contributed by atoms with Crippen molar-refractivity contribution in [1.82, 2.24) is 14.7 Å². The number of amides is 1. The Bertz CT molecular complexity index is 1010. The zero-order valence-corrected chi connectivity index (χ0v) is 20.1. The molecule has 1 amide bonds. The van der Waals surface area contributed by atoms with Crippen LogP contribution < -0.4 is 0 Å². The molecule has 0 bridgehead atoms. The third-order valence-corrected chi connectivity index (χ3v) is 6.97. The Morgan fingerprint density at radius 3 is 2.69 bits per heavy atom. The fraction of sp³-hybridized carbons (Fsp3) is 0.435. The number of piperazine rings is 1. The fourth-order valence-electron chi connectivity index (χ4n) is 4.15. The van der Waals surface area contributed by atoms with Crippen molar-refractivity contribution in [3.63, 3.8) is 0 Å². The van der Waals surface area contributed by atoms with E-state index in [4.69, 9.17) is 16.3 Å². The zero-order valence-electron chi connectivity index (χ0n) is 18.5. The van der Waals surface area contributed by atoms with E-state index in [1.807, 2.05) is 40.3 Å². The molecule has 1 unspecified atom stereocenters. The molecule has 32 heavy (non-hydrogen) atoms. The third-order valence-electron chi connectivity index (χ3n) is 5.85. The Labute approximate surface area is 197 Å². The topological polar surface area (TPSA) is 65.5 Å². The average Bonchev–Trinajstić information content (AvgIpc) is 3.15. The van der Waals surface area contributed by atoms with Crippen LogP contribution in [-0.2, 0) is 14.3 Å². The lowest BCUT2D eigenvalue weighted by Crippen LogP contribution is -2.47. The van der Waals surface area contributed by atoms with Gasteiger partial charge in [0.15, 0.2) is 5.17 Å². The van der Waals surface area contributed by atoms with Crippen LogP contribution in [0.25, 0.3) is 0 Å². The summed E-state index contributed by atoms with van der Waals surface area (Å²) in [6, 6.07) is 7.00. The first kappa shape index (κ1) is 22.9. The van der Waals surface area contributed by atoms with Crippen molar-refractivity contribution in [2.75, 3.05) is 39.8 Å².